The van der Waals surface area contributed by atoms with E-state index >= 15 is 0 Å². The van der Waals surface area contributed by atoms with Crippen LogP contribution in [0.5, 0.6) is 0 Å². The van der Waals surface area contributed by atoms with Crippen LogP contribution in [0.2, 0.25) is 0 Å². The molecule has 0 saturated heterocycles. The number of hydrogen-bond donors (Lipinski definition) is 3. The van der Waals surface area contributed by atoms with E-state index in [1.807, 2.05) is 31.2 Å². The van der Waals surface area contributed by atoms with Crippen LogP contribution in [0.25, 0.3) is 0 Å². The first kappa shape index (κ1) is 13.9. The predicted octanol–water partition coefficient (Wildman–Crippen LogP) is 3.02. The summed E-state index contributed by atoms with van der Waals surface area (Å²) in [5, 5.41) is 5.79. The average molecular weight is 261 g/mol. The standard InChI is InChI=1S/C15H23N3O/c1-3-15(8-9-15)10-17-14(19)18-13-6-4-12(5-7-13)11(2)16/h4-7,11H,3,8-10,16H2,1-2H3,(H2,17,18,19). The second-order valence-electron chi connectivity index (χ2n) is 5.57. The van der Waals surface area contributed by atoms with Crippen molar-refractivity contribution in [1.29, 1.82) is 0 Å². The fraction of sp³-hybridized carbons (Fsp3) is 0.533. The maximum atomic E-state index is 11.8. The van der Waals surface area contributed by atoms with Crippen LogP contribution < -0.4 is 16.4 Å². The molecule has 1 saturated carbocycles. The Hall–Kier alpha value is -1.55. The fourth-order valence-electron chi connectivity index (χ4n) is 2.15. The minimum atomic E-state index is -0.131. The third-order valence-electron chi connectivity index (χ3n) is 4.03. The molecule has 1 atom stereocenters. The highest BCUT2D eigenvalue weighted by atomic mass is 16.2. The molecule has 1 aliphatic rings. The molecule has 0 heterocycles. The first-order valence-corrected chi connectivity index (χ1v) is 6.95. The van der Waals surface area contributed by atoms with Gasteiger partial charge in [-0.2, -0.15) is 0 Å². The second-order valence-corrected chi connectivity index (χ2v) is 5.57. The Kier molecular flexibility index (Phi) is 4.10. The molecule has 104 valence electrons. The Labute approximate surface area is 114 Å². The Morgan fingerprint density at radius 3 is 2.47 bits per heavy atom. The number of carbonyl (C=O) groups excluding carboxylic acids is 1. The third kappa shape index (κ3) is 3.70. The Bertz CT molecular complexity index is 435. The Balaban J connectivity index is 1.81. The fourth-order valence-corrected chi connectivity index (χ4v) is 2.15. The molecule has 2 amide bonds. The third-order valence-corrected chi connectivity index (χ3v) is 4.03. The molecule has 0 bridgehead atoms. The largest absolute Gasteiger partial charge is 0.337 e. The van der Waals surface area contributed by atoms with Crippen LogP contribution in [0.15, 0.2) is 24.3 Å². The molecular weight excluding hydrogens is 238 g/mol. The van der Waals surface area contributed by atoms with Crippen molar-refractivity contribution in [2.24, 2.45) is 11.1 Å². The van der Waals surface area contributed by atoms with Crippen molar-refractivity contribution in [2.75, 3.05) is 11.9 Å². The minimum Gasteiger partial charge on any atom is -0.337 e. The van der Waals surface area contributed by atoms with Crippen LogP contribution in [0.3, 0.4) is 0 Å². The highest BCUT2D eigenvalue weighted by molar-refractivity contribution is 5.89. The number of benzene rings is 1. The zero-order valence-corrected chi connectivity index (χ0v) is 11.7. The lowest BCUT2D eigenvalue weighted by atomic mass is 10.0. The maximum absolute atomic E-state index is 11.8. The quantitative estimate of drug-likeness (QED) is 0.762. The van der Waals surface area contributed by atoms with Crippen LogP contribution in [0.4, 0.5) is 10.5 Å². The van der Waals surface area contributed by atoms with Gasteiger partial charge in [-0.3, -0.25) is 0 Å². The second kappa shape index (κ2) is 5.61. The number of hydrogen-bond acceptors (Lipinski definition) is 2. The van der Waals surface area contributed by atoms with Crippen LogP contribution in [-0.4, -0.2) is 12.6 Å². The zero-order chi connectivity index (χ0) is 13.9. The van der Waals surface area contributed by atoms with E-state index in [9.17, 15) is 4.79 Å². The topological polar surface area (TPSA) is 67.2 Å². The van der Waals surface area contributed by atoms with E-state index in [0.717, 1.165) is 24.2 Å². The number of anilines is 1. The molecule has 19 heavy (non-hydrogen) atoms. The average Bonchev–Trinajstić information content (AvgIpc) is 3.18. The normalized spacial score (nSPS) is 17.6. The van der Waals surface area contributed by atoms with Gasteiger partial charge in [0.1, 0.15) is 0 Å². The van der Waals surface area contributed by atoms with Crippen molar-refractivity contribution < 1.29 is 4.79 Å². The lowest BCUT2D eigenvalue weighted by Crippen LogP contribution is -2.33. The van der Waals surface area contributed by atoms with E-state index in [4.69, 9.17) is 5.73 Å². The zero-order valence-electron chi connectivity index (χ0n) is 11.7. The van der Waals surface area contributed by atoms with Crippen molar-refractivity contribution in [3.8, 4) is 0 Å². The number of amides is 2. The molecule has 4 nitrogen and oxygen atoms in total. The van der Waals surface area contributed by atoms with Gasteiger partial charge >= 0.3 is 6.03 Å². The molecule has 1 aromatic rings. The molecular formula is C15H23N3O. The number of nitrogens with two attached hydrogens (primary N) is 1. The van der Waals surface area contributed by atoms with Gasteiger partial charge in [-0.15, -0.1) is 0 Å². The summed E-state index contributed by atoms with van der Waals surface area (Å²) in [7, 11) is 0. The predicted molar refractivity (Wildman–Crippen MR) is 78.0 cm³/mol. The van der Waals surface area contributed by atoms with Gasteiger partial charge in [0.2, 0.25) is 0 Å². The minimum absolute atomic E-state index is 0.0159. The number of nitrogens with one attached hydrogen (secondary N) is 2. The first-order valence-electron chi connectivity index (χ1n) is 6.95. The van der Waals surface area contributed by atoms with Gasteiger partial charge in [0.15, 0.2) is 0 Å². The molecule has 4 N–H and O–H groups in total. The monoisotopic (exact) mass is 261 g/mol. The lowest BCUT2D eigenvalue weighted by molar-refractivity contribution is 0.249. The van der Waals surface area contributed by atoms with E-state index in [1.165, 1.54) is 12.8 Å². The van der Waals surface area contributed by atoms with Crippen LogP contribution in [0, 0.1) is 5.41 Å². The van der Waals surface area contributed by atoms with Gasteiger partial charge in [-0.1, -0.05) is 19.1 Å². The first-order chi connectivity index (χ1) is 9.04. The van der Waals surface area contributed by atoms with Crippen LogP contribution >= 0.6 is 0 Å². The van der Waals surface area contributed by atoms with Gasteiger partial charge in [0.25, 0.3) is 0 Å². The van der Waals surface area contributed by atoms with Gasteiger partial charge < -0.3 is 16.4 Å². The summed E-state index contributed by atoms with van der Waals surface area (Å²) < 4.78 is 0. The molecule has 0 aromatic heterocycles. The molecule has 0 spiro atoms. The Morgan fingerprint density at radius 1 is 1.37 bits per heavy atom. The number of rotatable bonds is 5. The summed E-state index contributed by atoms with van der Waals surface area (Å²) in [4.78, 5) is 11.8. The van der Waals surface area contributed by atoms with Crippen LogP contribution in [0.1, 0.15) is 44.7 Å². The molecule has 1 unspecified atom stereocenters. The summed E-state index contributed by atoms with van der Waals surface area (Å²) in [5.41, 5.74) is 8.01. The summed E-state index contributed by atoms with van der Waals surface area (Å²) >= 11 is 0. The molecule has 2 rings (SSSR count). The van der Waals surface area contributed by atoms with E-state index in [-0.39, 0.29) is 12.1 Å². The molecule has 1 aromatic carbocycles. The van der Waals surface area contributed by atoms with Crippen molar-refractivity contribution in [2.45, 2.75) is 39.2 Å². The molecule has 1 aliphatic carbocycles. The summed E-state index contributed by atoms with van der Waals surface area (Å²) in [6, 6.07) is 7.52. The van der Waals surface area contributed by atoms with Crippen LogP contribution in [-0.2, 0) is 0 Å². The molecule has 4 heteroatoms. The summed E-state index contributed by atoms with van der Waals surface area (Å²) in [6.45, 7) is 4.89. The van der Waals surface area contributed by atoms with Crippen molar-refractivity contribution in [1.82, 2.24) is 5.32 Å². The SMILES string of the molecule is CCC1(CNC(=O)Nc2ccc(C(C)N)cc2)CC1. The number of urea groups is 1. The van der Waals surface area contributed by atoms with Gasteiger partial charge in [-0.05, 0) is 49.3 Å². The highest BCUT2D eigenvalue weighted by Gasteiger charge is 2.40. The van der Waals surface area contributed by atoms with Gasteiger partial charge in [0, 0.05) is 18.3 Å². The van der Waals surface area contributed by atoms with Gasteiger partial charge in [-0.25, -0.2) is 4.79 Å². The number of carbonyl (C=O) groups is 1. The Morgan fingerprint density at radius 2 is 2.00 bits per heavy atom. The van der Waals surface area contributed by atoms with Gasteiger partial charge in [0.05, 0.1) is 0 Å². The van der Waals surface area contributed by atoms with E-state index in [0.29, 0.717) is 5.41 Å². The molecule has 1 fully saturated rings. The van der Waals surface area contributed by atoms with Crippen molar-refractivity contribution >= 4 is 11.7 Å². The van der Waals surface area contributed by atoms with Crippen molar-refractivity contribution in [3.05, 3.63) is 29.8 Å². The summed E-state index contributed by atoms with van der Waals surface area (Å²) in [5.74, 6) is 0. The van der Waals surface area contributed by atoms with E-state index < -0.39 is 0 Å². The smallest absolute Gasteiger partial charge is 0.319 e. The van der Waals surface area contributed by atoms with E-state index in [1.54, 1.807) is 0 Å². The lowest BCUT2D eigenvalue weighted by Gasteiger charge is -2.14. The highest BCUT2D eigenvalue weighted by Crippen LogP contribution is 2.47. The molecule has 0 radical (unpaired) electrons. The van der Waals surface area contributed by atoms with Crippen molar-refractivity contribution in [3.63, 3.8) is 0 Å². The molecule has 0 aliphatic heterocycles. The van der Waals surface area contributed by atoms with E-state index in [2.05, 4.69) is 17.6 Å². The summed E-state index contributed by atoms with van der Waals surface area (Å²) in [6.07, 6.45) is 3.59. The maximum Gasteiger partial charge on any atom is 0.319 e.